The van der Waals surface area contributed by atoms with Crippen LogP contribution < -0.4 is 11.1 Å². The summed E-state index contributed by atoms with van der Waals surface area (Å²) in [6.45, 7) is 1.98. The summed E-state index contributed by atoms with van der Waals surface area (Å²) < 4.78 is 0. The fourth-order valence-corrected chi connectivity index (χ4v) is 2.65. The Balaban J connectivity index is 2.14. The fourth-order valence-electron chi connectivity index (χ4n) is 2.39. The summed E-state index contributed by atoms with van der Waals surface area (Å²) in [7, 11) is 0. The SMILES string of the molecule is Cc1ccnc(NC2CCC(O)CC2)c1C(N)=S. The van der Waals surface area contributed by atoms with Gasteiger partial charge in [-0.05, 0) is 44.2 Å². The van der Waals surface area contributed by atoms with Gasteiger partial charge in [0, 0.05) is 12.2 Å². The van der Waals surface area contributed by atoms with Crippen LogP contribution in [0, 0.1) is 6.92 Å². The molecule has 98 valence electrons. The first-order valence-corrected chi connectivity index (χ1v) is 6.68. The molecule has 1 aromatic heterocycles. The van der Waals surface area contributed by atoms with Crippen LogP contribution in [0.25, 0.3) is 0 Å². The zero-order valence-electron chi connectivity index (χ0n) is 10.5. The largest absolute Gasteiger partial charge is 0.393 e. The van der Waals surface area contributed by atoms with Gasteiger partial charge in [-0.15, -0.1) is 0 Å². The molecule has 4 nitrogen and oxygen atoms in total. The van der Waals surface area contributed by atoms with E-state index in [2.05, 4.69) is 10.3 Å². The molecule has 1 aromatic rings. The van der Waals surface area contributed by atoms with Crippen LogP contribution in [-0.4, -0.2) is 27.2 Å². The zero-order chi connectivity index (χ0) is 13.1. The Labute approximate surface area is 113 Å². The molecule has 1 fully saturated rings. The van der Waals surface area contributed by atoms with E-state index >= 15 is 0 Å². The molecule has 4 N–H and O–H groups in total. The normalized spacial score (nSPS) is 23.7. The van der Waals surface area contributed by atoms with Gasteiger partial charge in [0.25, 0.3) is 0 Å². The molecule has 0 aromatic carbocycles. The summed E-state index contributed by atoms with van der Waals surface area (Å²) in [6.07, 6.45) is 5.19. The molecule has 0 amide bonds. The first-order chi connectivity index (χ1) is 8.58. The lowest BCUT2D eigenvalue weighted by atomic mass is 9.93. The molecule has 1 saturated carbocycles. The van der Waals surface area contributed by atoms with E-state index in [1.165, 1.54) is 0 Å². The third-order valence-corrected chi connectivity index (χ3v) is 3.65. The predicted octanol–water partition coefficient (Wildman–Crippen LogP) is 1.74. The predicted molar refractivity (Wildman–Crippen MR) is 76.7 cm³/mol. The van der Waals surface area contributed by atoms with Gasteiger partial charge in [0.1, 0.15) is 10.8 Å². The minimum Gasteiger partial charge on any atom is -0.393 e. The molecule has 0 saturated heterocycles. The Hall–Kier alpha value is -1.20. The van der Waals surface area contributed by atoms with Gasteiger partial charge >= 0.3 is 0 Å². The number of thiocarbonyl (C=S) groups is 1. The molecule has 1 heterocycles. The number of anilines is 1. The third-order valence-electron chi connectivity index (χ3n) is 3.44. The lowest BCUT2D eigenvalue weighted by Gasteiger charge is -2.27. The molecule has 1 aliphatic carbocycles. The van der Waals surface area contributed by atoms with E-state index in [-0.39, 0.29) is 6.10 Å². The molecule has 0 aliphatic heterocycles. The monoisotopic (exact) mass is 265 g/mol. The Morgan fingerprint density at radius 1 is 1.44 bits per heavy atom. The van der Waals surface area contributed by atoms with Crippen molar-refractivity contribution in [3.63, 3.8) is 0 Å². The average molecular weight is 265 g/mol. The van der Waals surface area contributed by atoms with Crippen molar-refractivity contribution < 1.29 is 5.11 Å². The Morgan fingerprint density at radius 3 is 2.72 bits per heavy atom. The molecule has 0 unspecified atom stereocenters. The van der Waals surface area contributed by atoms with Crippen LogP contribution in [-0.2, 0) is 0 Å². The quantitative estimate of drug-likeness (QED) is 0.726. The number of aliphatic hydroxyl groups is 1. The van der Waals surface area contributed by atoms with Gasteiger partial charge in [0.15, 0.2) is 0 Å². The molecule has 18 heavy (non-hydrogen) atoms. The van der Waals surface area contributed by atoms with Crippen molar-refractivity contribution in [1.82, 2.24) is 4.98 Å². The first-order valence-electron chi connectivity index (χ1n) is 6.28. The van der Waals surface area contributed by atoms with E-state index in [0.717, 1.165) is 42.6 Å². The van der Waals surface area contributed by atoms with Crippen molar-refractivity contribution in [2.75, 3.05) is 5.32 Å². The maximum absolute atomic E-state index is 9.50. The highest BCUT2D eigenvalue weighted by Gasteiger charge is 2.21. The maximum Gasteiger partial charge on any atom is 0.136 e. The number of hydrogen-bond acceptors (Lipinski definition) is 4. The van der Waals surface area contributed by atoms with Gasteiger partial charge in [-0.3, -0.25) is 0 Å². The first kappa shape index (κ1) is 13.2. The van der Waals surface area contributed by atoms with Crippen LogP contribution in [0.15, 0.2) is 12.3 Å². The zero-order valence-corrected chi connectivity index (χ0v) is 11.3. The van der Waals surface area contributed by atoms with Crippen molar-refractivity contribution in [2.24, 2.45) is 5.73 Å². The number of rotatable bonds is 3. The van der Waals surface area contributed by atoms with Crippen LogP contribution in [0.3, 0.4) is 0 Å². The van der Waals surface area contributed by atoms with E-state index in [0.29, 0.717) is 11.0 Å². The topological polar surface area (TPSA) is 71.2 Å². The summed E-state index contributed by atoms with van der Waals surface area (Å²) in [4.78, 5) is 4.71. The van der Waals surface area contributed by atoms with Crippen molar-refractivity contribution in [3.8, 4) is 0 Å². The van der Waals surface area contributed by atoms with Gasteiger partial charge in [0.2, 0.25) is 0 Å². The highest BCUT2D eigenvalue weighted by atomic mass is 32.1. The van der Waals surface area contributed by atoms with Crippen molar-refractivity contribution >= 4 is 23.0 Å². The van der Waals surface area contributed by atoms with E-state index in [9.17, 15) is 5.11 Å². The van der Waals surface area contributed by atoms with E-state index < -0.39 is 0 Å². The van der Waals surface area contributed by atoms with Crippen LogP contribution in [0.5, 0.6) is 0 Å². The standard InChI is InChI=1S/C13H19N3OS/c1-8-6-7-15-13(11(8)12(14)18)16-9-2-4-10(17)5-3-9/h6-7,9-10,17H,2-5H2,1H3,(H2,14,18)(H,15,16). The Bertz CT molecular complexity index is 442. The second-order valence-electron chi connectivity index (χ2n) is 4.87. The lowest BCUT2D eigenvalue weighted by Crippen LogP contribution is -2.29. The summed E-state index contributed by atoms with van der Waals surface area (Å²) in [5, 5.41) is 12.9. The van der Waals surface area contributed by atoms with Crippen LogP contribution >= 0.6 is 12.2 Å². The van der Waals surface area contributed by atoms with Gasteiger partial charge in [0.05, 0.1) is 11.7 Å². The number of nitrogens with zero attached hydrogens (tertiary/aromatic N) is 1. The van der Waals surface area contributed by atoms with Gasteiger partial charge in [-0.25, -0.2) is 4.98 Å². The van der Waals surface area contributed by atoms with Crippen molar-refractivity contribution in [2.45, 2.75) is 44.8 Å². The summed E-state index contributed by atoms with van der Waals surface area (Å²) in [5.74, 6) is 0.767. The van der Waals surface area contributed by atoms with Crippen LogP contribution in [0.1, 0.15) is 36.8 Å². The molecule has 1 aliphatic rings. The number of aromatic nitrogens is 1. The molecule has 0 radical (unpaired) electrons. The molecule has 0 bridgehead atoms. The fraction of sp³-hybridized carbons (Fsp3) is 0.538. The smallest absolute Gasteiger partial charge is 0.136 e. The maximum atomic E-state index is 9.50. The molecule has 5 heteroatoms. The number of nitrogens with one attached hydrogen (secondary N) is 1. The number of hydrogen-bond donors (Lipinski definition) is 3. The third kappa shape index (κ3) is 2.97. The summed E-state index contributed by atoms with van der Waals surface area (Å²) in [6, 6.07) is 2.25. The molecule has 2 rings (SSSR count). The van der Waals surface area contributed by atoms with Crippen LogP contribution in [0.4, 0.5) is 5.82 Å². The van der Waals surface area contributed by atoms with Gasteiger partial charge < -0.3 is 16.2 Å². The van der Waals surface area contributed by atoms with Crippen molar-refractivity contribution in [3.05, 3.63) is 23.4 Å². The van der Waals surface area contributed by atoms with E-state index in [1.54, 1.807) is 6.20 Å². The number of aliphatic hydroxyl groups excluding tert-OH is 1. The number of pyridine rings is 1. The summed E-state index contributed by atoms with van der Waals surface area (Å²) >= 11 is 5.08. The molecular weight excluding hydrogens is 246 g/mol. The Morgan fingerprint density at radius 2 is 2.11 bits per heavy atom. The Kier molecular flexibility index (Phi) is 4.14. The summed E-state index contributed by atoms with van der Waals surface area (Å²) in [5.41, 5.74) is 7.62. The minimum absolute atomic E-state index is 0.149. The lowest BCUT2D eigenvalue weighted by molar-refractivity contribution is 0.126. The number of aryl methyl sites for hydroxylation is 1. The highest BCUT2D eigenvalue weighted by molar-refractivity contribution is 7.80. The molecular formula is C13H19N3OS. The van der Waals surface area contributed by atoms with E-state index in [4.69, 9.17) is 18.0 Å². The molecule has 0 atom stereocenters. The average Bonchev–Trinajstić information content (AvgIpc) is 2.32. The van der Waals surface area contributed by atoms with Crippen molar-refractivity contribution in [1.29, 1.82) is 0 Å². The number of nitrogens with two attached hydrogens (primary N) is 1. The van der Waals surface area contributed by atoms with Crippen LogP contribution in [0.2, 0.25) is 0 Å². The van der Waals surface area contributed by atoms with E-state index in [1.807, 2.05) is 13.0 Å². The highest BCUT2D eigenvalue weighted by Crippen LogP contribution is 2.24. The molecule has 0 spiro atoms. The second-order valence-corrected chi connectivity index (χ2v) is 5.31. The minimum atomic E-state index is -0.149. The van der Waals surface area contributed by atoms with Gasteiger partial charge in [-0.1, -0.05) is 12.2 Å². The van der Waals surface area contributed by atoms with Gasteiger partial charge in [-0.2, -0.15) is 0 Å². The second kappa shape index (κ2) is 5.63.